The van der Waals surface area contributed by atoms with Crippen molar-refractivity contribution in [2.45, 2.75) is 6.92 Å². The Morgan fingerprint density at radius 3 is 2.11 bits per heavy atom. The van der Waals surface area contributed by atoms with Crippen LogP contribution in [0.4, 0.5) is 11.4 Å². The Bertz CT molecular complexity index is 962. The van der Waals surface area contributed by atoms with Gasteiger partial charge in [-0.1, -0.05) is 6.07 Å². The summed E-state index contributed by atoms with van der Waals surface area (Å²) in [5.74, 6) is -0.594. The number of amides is 2. The SMILES string of the molecule is CC(=O)Oc1ccc(C(=O)Nc2cccc(NC(=O)c3ccco3)c2)cc1. The number of carbonyl (C=O) groups is 3. The maximum atomic E-state index is 12.3. The van der Waals surface area contributed by atoms with Crippen molar-refractivity contribution < 1.29 is 23.5 Å². The van der Waals surface area contributed by atoms with Crippen molar-refractivity contribution >= 4 is 29.2 Å². The van der Waals surface area contributed by atoms with Gasteiger partial charge in [-0.15, -0.1) is 0 Å². The van der Waals surface area contributed by atoms with E-state index in [1.54, 1.807) is 48.5 Å². The van der Waals surface area contributed by atoms with E-state index in [-0.39, 0.29) is 17.6 Å². The van der Waals surface area contributed by atoms with E-state index in [1.807, 2.05) is 0 Å². The maximum Gasteiger partial charge on any atom is 0.308 e. The molecule has 3 rings (SSSR count). The van der Waals surface area contributed by atoms with Crippen LogP contribution in [0.2, 0.25) is 0 Å². The van der Waals surface area contributed by atoms with Crippen LogP contribution in [0.1, 0.15) is 27.8 Å². The molecule has 0 unspecified atom stereocenters. The van der Waals surface area contributed by atoms with Crippen LogP contribution < -0.4 is 15.4 Å². The Kier molecular flexibility index (Phi) is 5.32. The first-order valence-electron chi connectivity index (χ1n) is 8.06. The number of carbonyl (C=O) groups excluding carboxylic acids is 3. The third-order valence-electron chi connectivity index (χ3n) is 3.50. The zero-order valence-electron chi connectivity index (χ0n) is 14.4. The molecule has 0 saturated carbocycles. The zero-order chi connectivity index (χ0) is 19.2. The van der Waals surface area contributed by atoms with E-state index in [2.05, 4.69) is 10.6 Å². The second kappa shape index (κ2) is 8.01. The van der Waals surface area contributed by atoms with Gasteiger partial charge in [-0.3, -0.25) is 14.4 Å². The predicted molar refractivity (Wildman–Crippen MR) is 98.8 cm³/mol. The highest BCUT2D eigenvalue weighted by Gasteiger charge is 2.10. The van der Waals surface area contributed by atoms with Crippen LogP contribution in [0.3, 0.4) is 0 Å². The van der Waals surface area contributed by atoms with Gasteiger partial charge in [0, 0.05) is 23.9 Å². The van der Waals surface area contributed by atoms with E-state index in [0.29, 0.717) is 22.7 Å². The fraction of sp³-hybridized carbons (Fsp3) is 0.0500. The lowest BCUT2D eigenvalue weighted by atomic mass is 10.2. The van der Waals surface area contributed by atoms with Gasteiger partial charge in [0.25, 0.3) is 11.8 Å². The van der Waals surface area contributed by atoms with Crippen LogP contribution in [-0.2, 0) is 4.79 Å². The molecule has 136 valence electrons. The Morgan fingerprint density at radius 2 is 1.52 bits per heavy atom. The third kappa shape index (κ3) is 4.82. The van der Waals surface area contributed by atoms with Crippen molar-refractivity contribution in [1.29, 1.82) is 0 Å². The van der Waals surface area contributed by atoms with Crippen molar-refractivity contribution in [3.63, 3.8) is 0 Å². The summed E-state index contributed by atoms with van der Waals surface area (Å²) >= 11 is 0. The van der Waals surface area contributed by atoms with Gasteiger partial charge in [0.05, 0.1) is 6.26 Å². The van der Waals surface area contributed by atoms with Crippen molar-refractivity contribution in [3.05, 3.63) is 78.3 Å². The minimum Gasteiger partial charge on any atom is -0.459 e. The zero-order valence-corrected chi connectivity index (χ0v) is 14.4. The quantitative estimate of drug-likeness (QED) is 0.531. The summed E-state index contributed by atoms with van der Waals surface area (Å²) in [6.45, 7) is 1.30. The molecule has 0 aliphatic heterocycles. The normalized spacial score (nSPS) is 10.1. The molecule has 2 aromatic carbocycles. The number of nitrogens with one attached hydrogen (secondary N) is 2. The number of furan rings is 1. The number of rotatable bonds is 5. The molecule has 0 aliphatic carbocycles. The number of ether oxygens (including phenoxy) is 1. The average Bonchev–Trinajstić information content (AvgIpc) is 3.17. The van der Waals surface area contributed by atoms with Gasteiger partial charge in [0.15, 0.2) is 5.76 Å². The van der Waals surface area contributed by atoms with E-state index in [4.69, 9.17) is 9.15 Å². The molecule has 1 aromatic heterocycles. The van der Waals surface area contributed by atoms with Crippen molar-refractivity contribution in [3.8, 4) is 5.75 Å². The summed E-state index contributed by atoms with van der Waals surface area (Å²) in [6.07, 6.45) is 1.41. The topological polar surface area (TPSA) is 97.6 Å². The third-order valence-corrected chi connectivity index (χ3v) is 3.50. The molecule has 0 radical (unpaired) electrons. The second-order valence-corrected chi connectivity index (χ2v) is 5.58. The Morgan fingerprint density at radius 1 is 0.852 bits per heavy atom. The summed E-state index contributed by atoms with van der Waals surface area (Å²) in [4.78, 5) is 35.3. The molecule has 0 fully saturated rings. The van der Waals surface area contributed by atoms with Crippen LogP contribution in [0, 0.1) is 0 Å². The fourth-order valence-electron chi connectivity index (χ4n) is 2.32. The number of benzene rings is 2. The van der Waals surface area contributed by atoms with Gasteiger partial charge in [0.1, 0.15) is 5.75 Å². The number of hydrogen-bond acceptors (Lipinski definition) is 5. The molecule has 0 atom stereocenters. The number of esters is 1. The van der Waals surface area contributed by atoms with Crippen LogP contribution in [-0.4, -0.2) is 17.8 Å². The Labute approximate surface area is 154 Å². The molecular weight excluding hydrogens is 348 g/mol. The lowest BCUT2D eigenvalue weighted by Crippen LogP contribution is -2.13. The van der Waals surface area contributed by atoms with E-state index in [9.17, 15) is 14.4 Å². The number of anilines is 2. The molecule has 27 heavy (non-hydrogen) atoms. The molecule has 2 N–H and O–H groups in total. The van der Waals surface area contributed by atoms with E-state index in [0.717, 1.165) is 0 Å². The standard InChI is InChI=1S/C20H16N2O5/c1-13(23)27-17-9-7-14(8-10-17)19(24)21-15-4-2-5-16(12-15)22-20(25)18-6-3-11-26-18/h2-12H,1H3,(H,21,24)(H,22,25). The van der Waals surface area contributed by atoms with E-state index >= 15 is 0 Å². The smallest absolute Gasteiger partial charge is 0.308 e. The molecule has 2 amide bonds. The van der Waals surface area contributed by atoms with Crippen LogP contribution in [0.15, 0.2) is 71.3 Å². The van der Waals surface area contributed by atoms with Gasteiger partial charge in [-0.2, -0.15) is 0 Å². The van der Waals surface area contributed by atoms with Crippen molar-refractivity contribution in [2.75, 3.05) is 10.6 Å². The fourth-order valence-corrected chi connectivity index (χ4v) is 2.32. The highest BCUT2D eigenvalue weighted by molar-refractivity contribution is 6.05. The molecular formula is C20H16N2O5. The predicted octanol–water partition coefficient (Wildman–Crippen LogP) is 3.71. The molecule has 0 bridgehead atoms. The van der Waals surface area contributed by atoms with Gasteiger partial charge in [0.2, 0.25) is 0 Å². The summed E-state index contributed by atoms with van der Waals surface area (Å²) in [7, 11) is 0. The first kappa shape index (κ1) is 17.9. The molecule has 1 heterocycles. The molecule has 7 heteroatoms. The van der Waals surface area contributed by atoms with Gasteiger partial charge in [-0.25, -0.2) is 0 Å². The molecule has 7 nitrogen and oxygen atoms in total. The van der Waals surface area contributed by atoms with Crippen LogP contribution in [0.5, 0.6) is 5.75 Å². The Hall–Kier alpha value is -3.87. The van der Waals surface area contributed by atoms with Crippen LogP contribution in [0.25, 0.3) is 0 Å². The molecule has 0 aliphatic rings. The monoisotopic (exact) mass is 364 g/mol. The van der Waals surface area contributed by atoms with Gasteiger partial charge in [-0.05, 0) is 54.6 Å². The lowest BCUT2D eigenvalue weighted by molar-refractivity contribution is -0.131. The van der Waals surface area contributed by atoms with Crippen LogP contribution >= 0.6 is 0 Å². The highest BCUT2D eigenvalue weighted by atomic mass is 16.5. The summed E-state index contributed by atoms with van der Waals surface area (Å²) in [6, 6.07) is 16.1. The minimum absolute atomic E-state index is 0.192. The lowest BCUT2D eigenvalue weighted by Gasteiger charge is -2.09. The van der Waals surface area contributed by atoms with Gasteiger partial charge >= 0.3 is 5.97 Å². The van der Waals surface area contributed by atoms with Gasteiger partial charge < -0.3 is 19.8 Å². The largest absolute Gasteiger partial charge is 0.459 e. The first-order chi connectivity index (χ1) is 13.0. The highest BCUT2D eigenvalue weighted by Crippen LogP contribution is 2.18. The van der Waals surface area contributed by atoms with E-state index in [1.165, 1.54) is 25.3 Å². The van der Waals surface area contributed by atoms with Crippen molar-refractivity contribution in [1.82, 2.24) is 0 Å². The maximum absolute atomic E-state index is 12.3. The Balaban J connectivity index is 1.66. The van der Waals surface area contributed by atoms with E-state index < -0.39 is 5.97 Å². The molecule has 0 saturated heterocycles. The minimum atomic E-state index is -0.430. The average molecular weight is 364 g/mol. The molecule has 3 aromatic rings. The van der Waals surface area contributed by atoms with Crippen molar-refractivity contribution in [2.24, 2.45) is 0 Å². The summed E-state index contributed by atoms with van der Waals surface area (Å²) in [5, 5.41) is 5.44. The first-order valence-corrected chi connectivity index (χ1v) is 8.06. The second-order valence-electron chi connectivity index (χ2n) is 5.58. The number of hydrogen-bond donors (Lipinski definition) is 2. The summed E-state index contributed by atoms with van der Waals surface area (Å²) < 4.78 is 9.97. The summed E-state index contributed by atoms with van der Waals surface area (Å²) in [5.41, 5.74) is 1.43. The molecule has 0 spiro atoms.